The average Bonchev–Trinajstić information content (AvgIpc) is 1.94. The van der Waals surface area contributed by atoms with Crippen LogP contribution in [-0.4, -0.2) is 9.78 Å². The Hall–Kier alpha value is -1.04. The number of aromatic nitrogens is 2. The van der Waals surface area contributed by atoms with Crippen molar-refractivity contribution in [3.63, 3.8) is 0 Å². The molecule has 0 radical (unpaired) electrons. The van der Waals surface area contributed by atoms with E-state index < -0.39 is 22.5 Å². The normalized spacial score (nSPS) is 11.8. The second-order valence-corrected chi connectivity index (χ2v) is 2.66. The Morgan fingerprint density at radius 1 is 1.54 bits per heavy atom. The molecule has 0 aliphatic heterocycles. The number of halogens is 4. The fraction of sp³-hybridized carbons (Fsp3) is 0.333. The van der Waals surface area contributed by atoms with E-state index in [2.05, 4.69) is 5.10 Å². The lowest BCUT2D eigenvalue weighted by molar-refractivity contribution is -0.144. The molecule has 0 saturated carbocycles. The average molecular weight is 213 g/mol. The molecule has 0 aliphatic rings. The topological polar surface area (TPSA) is 34.9 Å². The van der Waals surface area contributed by atoms with E-state index in [1.54, 1.807) is 0 Å². The minimum absolute atomic E-state index is 0.412. The fourth-order valence-corrected chi connectivity index (χ4v) is 0.945. The second kappa shape index (κ2) is 3.02. The summed E-state index contributed by atoms with van der Waals surface area (Å²) in [4.78, 5) is 10.7. The van der Waals surface area contributed by atoms with Crippen LogP contribution < -0.4 is 5.43 Å². The molecule has 7 heteroatoms. The highest BCUT2D eigenvalue weighted by Crippen LogP contribution is 2.27. The summed E-state index contributed by atoms with van der Waals surface area (Å²) >= 11 is 5.22. The van der Waals surface area contributed by atoms with Crippen molar-refractivity contribution >= 4 is 11.6 Å². The molecule has 1 aromatic heterocycles. The van der Waals surface area contributed by atoms with E-state index in [1.807, 2.05) is 0 Å². The maximum Gasteiger partial charge on any atom is 0.433 e. The zero-order valence-electron chi connectivity index (χ0n) is 6.39. The van der Waals surface area contributed by atoms with Crippen LogP contribution >= 0.6 is 11.6 Å². The molecule has 0 fully saturated rings. The number of rotatable bonds is 0. The Balaban J connectivity index is 3.41. The minimum atomic E-state index is -4.59. The van der Waals surface area contributed by atoms with Crippen molar-refractivity contribution < 1.29 is 13.2 Å². The molecule has 0 N–H and O–H groups in total. The SMILES string of the molecule is Cn1nc(Cl)c(=O)cc1C(F)(F)F. The molecule has 0 bridgehead atoms. The third-order valence-corrected chi connectivity index (χ3v) is 1.61. The van der Waals surface area contributed by atoms with Crippen LogP contribution in [0.15, 0.2) is 10.9 Å². The third kappa shape index (κ3) is 2.00. The van der Waals surface area contributed by atoms with Gasteiger partial charge in [-0.1, -0.05) is 11.6 Å². The van der Waals surface area contributed by atoms with Gasteiger partial charge in [-0.15, -0.1) is 0 Å². The zero-order chi connectivity index (χ0) is 10.2. The molecule has 72 valence electrons. The van der Waals surface area contributed by atoms with Gasteiger partial charge in [-0.25, -0.2) is 0 Å². The first-order valence-electron chi connectivity index (χ1n) is 3.13. The number of alkyl halides is 3. The summed E-state index contributed by atoms with van der Waals surface area (Å²) in [6, 6.07) is 0.412. The third-order valence-electron chi connectivity index (χ3n) is 1.35. The molecule has 0 atom stereocenters. The van der Waals surface area contributed by atoms with Crippen LogP contribution in [0, 0.1) is 0 Å². The van der Waals surface area contributed by atoms with Gasteiger partial charge >= 0.3 is 6.18 Å². The molecule has 0 spiro atoms. The van der Waals surface area contributed by atoms with E-state index in [1.165, 1.54) is 0 Å². The Morgan fingerprint density at radius 2 is 2.08 bits per heavy atom. The maximum absolute atomic E-state index is 12.1. The molecular weight excluding hydrogens is 209 g/mol. The van der Waals surface area contributed by atoms with Crippen LogP contribution in [0.3, 0.4) is 0 Å². The van der Waals surface area contributed by atoms with Crippen molar-refractivity contribution in [2.24, 2.45) is 7.05 Å². The first-order valence-corrected chi connectivity index (χ1v) is 3.51. The fourth-order valence-electron chi connectivity index (χ4n) is 0.777. The van der Waals surface area contributed by atoms with Crippen molar-refractivity contribution in [3.05, 3.63) is 27.1 Å². The Kier molecular flexibility index (Phi) is 2.34. The summed E-state index contributed by atoms with van der Waals surface area (Å²) in [5.41, 5.74) is -2.06. The lowest BCUT2D eigenvalue weighted by atomic mass is 10.4. The molecular formula is C6H4ClF3N2O. The van der Waals surface area contributed by atoms with Crippen LogP contribution in [0.4, 0.5) is 13.2 Å². The van der Waals surface area contributed by atoms with Crippen molar-refractivity contribution in [2.45, 2.75) is 6.18 Å². The standard InChI is InChI=1S/C6H4ClF3N2O/c1-12-4(6(8,9)10)2-3(13)5(7)11-12/h2H,1H3. The van der Waals surface area contributed by atoms with E-state index in [0.717, 1.165) is 7.05 Å². The van der Waals surface area contributed by atoms with Gasteiger partial charge in [0.05, 0.1) is 0 Å². The van der Waals surface area contributed by atoms with Crippen LogP contribution in [0.1, 0.15) is 5.69 Å². The first kappa shape index (κ1) is 10.0. The minimum Gasteiger partial charge on any atom is -0.286 e. The van der Waals surface area contributed by atoms with Crippen molar-refractivity contribution in [1.82, 2.24) is 9.78 Å². The van der Waals surface area contributed by atoms with Gasteiger partial charge in [0.1, 0.15) is 5.69 Å². The monoisotopic (exact) mass is 212 g/mol. The lowest BCUT2D eigenvalue weighted by Crippen LogP contribution is -2.21. The molecule has 13 heavy (non-hydrogen) atoms. The van der Waals surface area contributed by atoms with Gasteiger partial charge in [0, 0.05) is 13.1 Å². The number of hydrogen-bond donors (Lipinski definition) is 0. The summed E-state index contributed by atoms with van der Waals surface area (Å²) < 4.78 is 36.9. The molecule has 1 heterocycles. The number of aryl methyl sites for hydroxylation is 1. The summed E-state index contributed by atoms with van der Waals surface area (Å²) in [6.45, 7) is 0. The highest BCUT2D eigenvalue weighted by atomic mass is 35.5. The van der Waals surface area contributed by atoms with Gasteiger partial charge in [0.15, 0.2) is 5.15 Å². The Labute approximate surface area is 75.7 Å². The highest BCUT2D eigenvalue weighted by Gasteiger charge is 2.34. The van der Waals surface area contributed by atoms with E-state index in [9.17, 15) is 18.0 Å². The molecule has 0 amide bonds. The Morgan fingerprint density at radius 3 is 2.54 bits per heavy atom. The molecule has 0 saturated heterocycles. The van der Waals surface area contributed by atoms with Gasteiger partial charge in [-0.05, 0) is 0 Å². The molecule has 0 aliphatic carbocycles. The summed E-state index contributed by atoms with van der Waals surface area (Å²) in [6.07, 6.45) is -4.59. The summed E-state index contributed by atoms with van der Waals surface area (Å²) in [5.74, 6) is 0. The van der Waals surface area contributed by atoms with E-state index >= 15 is 0 Å². The van der Waals surface area contributed by atoms with E-state index in [0.29, 0.717) is 10.7 Å². The molecule has 0 unspecified atom stereocenters. The van der Waals surface area contributed by atoms with E-state index in [4.69, 9.17) is 11.6 Å². The summed E-state index contributed by atoms with van der Waals surface area (Å²) in [5, 5.41) is 2.71. The van der Waals surface area contributed by atoms with Crippen molar-refractivity contribution in [1.29, 1.82) is 0 Å². The molecule has 0 aromatic carbocycles. The molecule has 1 aromatic rings. The highest BCUT2D eigenvalue weighted by molar-refractivity contribution is 6.29. The predicted molar refractivity (Wildman–Crippen MR) is 39.5 cm³/mol. The van der Waals surface area contributed by atoms with Crippen LogP contribution in [0.5, 0.6) is 0 Å². The maximum atomic E-state index is 12.1. The quantitative estimate of drug-likeness (QED) is 0.653. The first-order chi connectivity index (χ1) is 5.82. The van der Waals surface area contributed by atoms with Gasteiger partial charge in [0.2, 0.25) is 5.43 Å². The Bertz CT molecular complexity index is 384. The molecule has 3 nitrogen and oxygen atoms in total. The molecule has 1 rings (SSSR count). The number of nitrogens with zero attached hydrogens (tertiary/aromatic N) is 2. The summed E-state index contributed by atoms with van der Waals surface area (Å²) in [7, 11) is 1.06. The van der Waals surface area contributed by atoms with Gasteiger partial charge in [-0.2, -0.15) is 18.3 Å². The predicted octanol–water partition coefficient (Wildman–Crippen LogP) is 1.45. The zero-order valence-corrected chi connectivity index (χ0v) is 7.15. The lowest BCUT2D eigenvalue weighted by Gasteiger charge is -2.09. The van der Waals surface area contributed by atoms with Crippen LogP contribution in [0.2, 0.25) is 5.15 Å². The van der Waals surface area contributed by atoms with Gasteiger partial charge < -0.3 is 0 Å². The van der Waals surface area contributed by atoms with Gasteiger partial charge in [-0.3, -0.25) is 9.48 Å². The van der Waals surface area contributed by atoms with Crippen molar-refractivity contribution in [2.75, 3.05) is 0 Å². The number of hydrogen-bond acceptors (Lipinski definition) is 2. The van der Waals surface area contributed by atoms with Crippen molar-refractivity contribution in [3.8, 4) is 0 Å². The largest absolute Gasteiger partial charge is 0.433 e. The second-order valence-electron chi connectivity index (χ2n) is 2.31. The van der Waals surface area contributed by atoms with Crippen LogP contribution in [-0.2, 0) is 13.2 Å². The smallest absolute Gasteiger partial charge is 0.286 e. The van der Waals surface area contributed by atoms with Gasteiger partial charge in [0.25, 0.3) is 0 Å². The van der Waals surface area contributed by atoms with Crippen LogP contribution in [0.25, 0.3) is 0 Å². The van der Waals surface area contributed by atoms with E-state index in [-0.39, 0.29) is 0 Å².